The summed E-state index contributed by atoms with van der Waals surface area (Å²) in [5.74, 6) is 0.841. The summed E-state index contributed by atoms with van der Waals surface area (Å²) in [5.41, 5.74) is 2.47. The van der Waals surface area contributed by atoms with Gasteiger partial charge in [0.05, 0.1) is 45.6 Å². The molecule has 4 aliphatic rings. The van der Waals surface area contributed by atoms with E-state index in [0.29, 0.717) is 54.9 Å². The number of morpholine rings is 1. The number of methoxy groups -OCH3 is 2. The molecule has 0 radical (unpaired) electrons. The number of nitrogens with one attached hydrogen (secondary N) is 2. The van der Waals surface area contributed by atoms with E-state index >= 15 is 0 Å². The van der Waals surface area contributed by atoms with E-state index in [4.69, 9.17) is 23.7 Å². The Morgan fingerprint density at radius 3 is 2.56 bits per heavy atom. The molecule has 0 saturated carbocycles. The van der Waals surface area contributed by atoms with Crippen molar-refractivity contribution in [3.05, 3.63) is 77.4 Å². The van der Waals surface area contributed by atoms with Gasteiger partial charge in [-0.2, -0.15) is 0 Å². The highest BCUT2D eigenvalue weighted by atomic mass is 16.5. The summed E-state index contributed by atoms with van der Waals surface area (Å²) in [7, 11) is 3.03. The highest BCUT2D eigenvalue weighted by Gasteiger charge is 2.39. The molecule has 0 unspecified atom stereocenters. The topological polar surface area (TPSA) is 128 Å². The lowest BCUT2D eigenvalue weighted by Crippen LogP contribution is -2.45. The predicted octanol–water partition coefficient (Wildman–Crippen LogP) is 2.25. The average molecular weight is 617 g/mol. The summed E-state index contributed by atoms with van der Waals surface area (Å²) in [6.07, 6.45) is -0.569. The fourth-order valence-corrected chi connectivity index (χ4v) is 5.77. The minimum atomic E-state index is -0.569. The van der Waals surface area contributed by atoms with Gasteiger partial charge >= 0.3 is 0 Å². The van der Waals surface area contributed by atoms with Crippen LogP contribution in [0.1, 0.15) is 26.3 Å². The first-order chi connectivity index (χ1) is 21.9. The van der Waals surface area contributed by atoms with Crippen LogP contribution in [0.3, 0.4) is 0 Å². The Kier molecular flexibility index (Phi) is 8.92. The van der Waals surface area contributed by atoms with E-state index in [0.717, 1.165) is 11.3 Å². The summed E-state index contributed by atoms with van der Waals surface area (Å²) in [4.78, 5) is 44.1. The van der Waals surface area contributed by atoms with Gasteiger partial charge in [0.1, 0.15) is 29.1 Å². The van der Waals surface area contributed by atoms with Crippen LogP contribution in [-0.2, 0) is 16.1 Å². The van der Waals surface area contributed by atoms with Crippen LogP contribution in [0.25, 0.3) is 0 Å². The second kappa shape index (κ2) is 13.3. The van der Waals surface area contributed by atoms with Crippen LogP contribution >= 0.6 is 0 Å². The highest BCUT2D eigenvalue weighted by molar-refractivity contribution is 6.00. The largest absolute Gasteiger partial charge is 0.497 e. The molecule has 45 heavy (non-hydrogen) atoms. The van der Waals surface area contributed by atoms with Crippen molar-refractivity contribution in [2.45, 2.75) is 18.7 Å². The van der Waals surface area contributed by atoms with E-state index < -0.39 is 18.1 Å². The molecule has 0 aliphatic carbocycles. The molecule has 3 aromatic rings. The normalized spacial score (nSPS) is 20.2. The quantitative estimate of drug-likeness (QED) is 0.454. The zero-order chi connectivity index (χ0) is 31.3. The number of carbonyl (C=O) groups excluding carboxylic acids is 3. The van der Waals surface area contributed by atoms with Gasteiger partial charge in [0, 0.05) is 55.1 Å². The molecule has 4 bridgehead atoms. The maximum absolute atomic E-state index is 14.0. The van der Waals surface area contributed by atoms with E-state index in [9.17, 15) is 14.4 Å². The van der Waals surface area contributed by atoms with Crippen LogP contribution in [0, 0.1) is 0 Å². The van der Waals surface area contributed by atoms with Crippen molar-refractivity contribution in [2.24, 2.45) is 0 Å². The van der Waals surface area contributed by atoms with Crippen LogP contribution in [0.2, 0.25) is 0 Å². The molecule has 7 rings (SSSR count). The maximum atomic E-state index is 14.0. The third-order valence-electron chi connectivity index (χ3n) is 8.13. The van der Waals surface area contributed by atoms with Gasteiger partial charge < -0.3 is 44.1 Å². The van der Waals surface area contributed by atoms with Crippen LogP contribution in [0.5, 0.6) is 23.0 Å². The minimum Gasteiger partial charge on any atom is -0.497 e. The number of anilines is 1. The van der Waals surface area contributed by atoms with Gasteiger partial charge in [-0.3, -0.25) is 14.4 Å². The Labute approximate surface area is 261 Å². The number of ether oxygens (including phenoxy) is 5. The molecular weight excluding hydrogens is 580 g/mol. The number of para-hydroxylation sites is 1. The fraction of sp³-hybridized carbons (Fsp3) is 0.364. The first kappa shape index (κ1) is 30.1. The second-order valence-electron chi connectivity index (χ2n) is 11.0. The van der Waals surface area contributed by atoms with E-state index in [-0.39, 0.29) is 43.6 Å². The number of rotatable bonds is 4. The van der Waals surface area contributed by atoms with Gasteiger partial charge in [-0.05, 0) is 36.4 Å². The third-order valence-corrected chi connectivity index (χ3v) is 8.13. The molecule has 0 aromatic heterocycles. The Morgan fingerprint density at radius 1 is 0.933 bits per heavy atom. The molecule has 4 aliphatic heterocycles. The Balaban J connectivity index is 1.32. The van der Waals surface area contributed by atoms with Crippen LogP contribution in [0.4, 0.5) is 5.69 Å². The van der Waals surface area contributed by atoms with Gasteiger partial charge in [0.25, 0.3) is 17.7 Å². The number of amides is 3. The number of fused-ring (bicyclic) bond motifs is 7. The number of carbonyl (C=O) groups is 3. The van der Waals surface area contributed by atoms with Crippen molar-refractivity contribution in [3.63, 3.8) is 0 Å². The third kappa shape index (κ3) is 6.75. The van der Waals surface area contributed by atoms with Gasteiger partial charge in [0.2, 0.25) is 0 Å². The lowest BCUT2D eigenvalue weighted by Gasteiger charge is -2.31. The van der Waals surface area contributed by atoms with Crippen LogP contribution in [0.15, 0.2) is 60.7 Å². The molecule has 2 fully saturated rings. The molecule has 3 amide bonds. The van der Waals surface area contributed by atoms with Crippen molar-refractivity contribution in [1.82, 2.24) is 15.5 Å². The highest BCUT2D eigenvalue weighted by Crippen LogP contribution is 2.30. The molecule has 2 atom stereocenters. The first-order valence-electron chi connectivity index (χ1n) is 14.9. The Hall–Kier alpha value is -4.97. The van der Waals surface area contributed by atoms with E-state index in [1.54, 1.807) is 42.3 Å². The van der Waals surface area contributed by atoms with Crippen molar-refractivity contribution in [3.8, 4) is 23.0 Å². The number of benzene rings is 3. The molecule has 2 saturated heterocycles. The number of hydrogen-bond acceptors (Lipinski definition) is 9. The lowest BCUT2D eigenvalue weighted by atomic mass is 10.1. The number of hydrogen-bond donors (Lipinski definition) is 2. The lowest BCUT2D eigenvalue weighted by molar-refractivity contribution is -0.123. The summed E-state index contributed by atoms with van der Waals surface area (Å²) in [5, 5.41) is 5.89. The average Bonchev–Trinajstić information content (AvgIpc) is 3.47. The zero-order valence-electron chi connectivity index (χ0n) is 25.2. The molecular formula is C33H36N4O8. The van der Waals surface area contributed by atoms with Gasteiger partial charge in [-0.1, -0.05) is 12.1 Å². The molecule has 236 valence electrons. The Morgan fingerprint density at radius 2 is 1.76 bits per heavy atom. The maximum Gasteiger partial charge on any atom is 0.258 e. The molecule has 2 N–H and O–H groups in total. The predicted molar refractivity (Wildman–Crippen MR) is 164 cm³/mol. The molecule has 12 nitrogen and oxygen atoms in total. The van der Waals surface area contributed by atoms with Crippen LogP contribution in [-0.4, -0.2) is 95.0 Å². The van der Waals surface area contributed by atoms with Gasteiger partial charge in [-0.15, -0.1) is 0 Å². The number of nitrogens with zero attached hydrogens (tertiary/aromatic N) is 2. The fourth-order valence-electron chi connectivity index (χ4n) is 5.77. The minimum absolute atomic E-state index is 0.148. The van der Waals surface area contributed by atoms with E-state index in [2.05, 4.69) is 15.5 Å². The summed E-state index contributed by atoms with van der Waals surface area (Å²) >= 11 is 0. The standard InChI is InChI=1S/C33H36N4O8/c1-41-24-13-22-14-25(15-24)44-20-31(38)34-17-21-7-8-23(16-29(21)42-2)45-30-19-37(18-27(30)35-32(22)39)33(40)26-5-3-4-6-28(26)36-9-11-43-12-10-36/h3-8,13-16,27,30H,9-12,17-20H2,1-2H3,(H,34,38)(H,35,39)/t27-,30-/m0/s1. The molecule has 0 spiro atoms. The Bertz CT molecular complexity index is 1570. The van der Waals surface area contributed by atoms with Crippen molar-refractivity contribution in [2.75, 3.05) is 65.1 Å². The van der Waals surface area contributed by atoms with E-state index in [1.165, 1.54) is 7.11 Å². The van der Waals surface area contributed by atoms with Crippen LogP contribution < -0.4 is 34.5 Å². The molecule has 3 aromatic carbocycles. The SMILES string of the molecule is COc1cc2cc(c1)C(=O)N[C@H]1CN(C(=O)c3ccccc3N3CCOCC3)C[C@@H]1Oc1ccc(c(OC)c1)CNC(=O)CO2. The van der Waals surface area contributed by atoms with Gasteiger partial charge in [-0.25, -0.2) is 0 Å². The molecule has 12 heteroatoms. The number of likely N-dealkylation sites (tertiary alicyclic amines) is 1. The summed E-state index contributed by atoms with van der Waals surface area (Å²) in [6.45, 7) is 3.02. The zero-order valence-corrected chi connectivity index (χ0v) is 25.2. The first-order valence-corrected chi connectivity index (χ1v) is 14.9. The van der Waals surface area contributed by atoms with Gasteiger partial charge in [0.15, 0.2) is 6.61 Å². The summed E-state index contributed by atoms with van der Waals surface area (Å²) in [6, 6.07) is 17.1. The summed E-state index contributed by atoms with van der Waals surface area (Å²) < 4.78 is 28.6. The second-order valence-corrected chi connectivity index (χ2v) is 11.0. The van der Waals surface area contributed by atoms with Crippen molar-refractivity contribution < 1.29 is 38.1 Å². The smallest absolute Gasteiger partial charge is 0.258 e. The molecule has 4 heterocycles. The monoisotopic (exact) mass is 616 g/mol. The van der Waals surface area contributed by atoms with Crippen molar-refractivity contribution in [1.29, 1.82) is 0 Å². The van der Waals surface area contributed by atoms with Crippen molar-refractivity contribution >= 4 is 23.4 Å². The van der Waals surface area contributed by atoms with E-state index in [1.807, 2.05) is 30.3 Å².